The summed E-state index contributed by atoms with van der Waals surface area (Å²) < 4.78 is 27.3. The number of carbonyl (C=O) groups excluding carboxylic acids is 1. The number of hydrogen-bond acceptors (Lipinski definition) is 3. The smallest absolute Gasteiger partial charge is 0.296 e. The lowest BCUT2D eigenvalue weighted by atomic mass is 9.98. The first kappa shape index (κ1) is 14.9. The minimum Gasteiger partial charge on any atom is -0.347 e. The molecule has 0 radical (unpaired) electrons. The van der Waals surface area contributed by atoms with E-state index in [0.717, 1.165) is 12.8 Å². The van der Waals surface area contributed by atoms with Gasteiger partial charge in [-0.2, -0.15) is 0 Å². The molecular formula is C15H18F2N4O. The van der Waals surface area contributed by atoms with E-state index in [-0.39, 0.29) is 22.9 Å². The van der Waals surface area contributed by atoms with Gasteiger partial charge in [-0.15, -0.1) is 0 Å². The zero-order chi connectivity index (χ0) is 16.1. The van der Waals surface area contributed by atoms with Crippen LogP contribution < -0.4 is 5.32 Å². The molecule has 118 valence electrons. The van der Waals surface area contributed by atoms with E-state index >= 15 is 0 Å². The molecule has 22 heavy (non-hydrogen) atoms. The number of aromatic nitrogens is 3. The van der Waals surface area contributed by atoms with E-state index in [1.165, 1.54) is 23.6 Å². The molecule has 2 aromatic heterocycles. The highest BCUT2D eigenvalue weighted by Gasteiger charge is 2.39. The molecule has 0 atom stereocenters. The summed E-state index contributed by atoms with van der Waals surface area (Å²) in [7, 11) is 0. The van der Waals surface area contributed by atoms with Crippen molar-refractivity contribution < 1.29 is 13.6 Å². The van der Waals surface area contributed by atoms with E-state index in [1.807, 2.05) is 13.8 Å². The first-order chi connectivity index (χ1) is 10.3. The van der Waals surface area contributed by atoms with Crippen molar-refractivity contribution in [2.75, 3.05) is 0 Å². The van der Waals surface area contributed by atoms with Crippen molar-refractivity contribution in [3.8, 4) is 0 Å². The Labute approximate surface area is 126 Å². The minimum atomic E-state index is -2.73. The molecule has 1 fully saturated rings. The summed E-state index contributed by atoms with van der Waals surface area (Å²) in [5.74, 6) is -0.00367. The first-order valence-corrected chi connectivity index (χ1v) is 7.26. The maximum atomic E-state index is 13.1. The van der Waals surface area contributed by atoms with Crippen molar-refractivity contribution in [3.63, 3.8) is 0 Å². The molecule has 0 aliphatic heterocycles. The average molecular weight is 308 g/mol. The Kier molecular flexibility index (Phi) is 3.38. The fraction of sp³-hybridized carbons (Fsp3) is 0.533. The highest BCUT2D eigenvalue weighted by atomic mass is 19.3. The van der Waals surface area contributed by atoms with Crippen molar-refractivity contribution in [1.82, 2.24) is 19.7 Å². The first-order valence-electron chi connectivity index (χ1n) is 7.26. The molecule has 0 aromatic carbocycles. The number of carbonyl (C=O) groups is 1. The Morgan fingerprint density at radius 1 is 1.41 bits per heavy atom. The molecule has 0 saturated heterocycles. The lowest BCUT2D eigenvalue weighted by Gasteiger charge is -2.25. The topological polar surface area (TPSA) is 59.3 Å². The van der Waals surface area contributed by atoms with Gasteiger partial charge < -0.3 is 5.32 Å². The summed E-state index contributed by atoms with van der Waals surface area (Å²) in [5, 5.41) is 2.98. The van der Waals surface area contributed by atoms with Gasteiger partial charge in [0.2, 0.25) is 0 Å². The van der Waals surface area contributed by atoms with Crippen molar-refractivity contribution >= 4 is 11.6 Å². The normalized spacial score (nSPS) is 15.5. The zero-order valence-corrected chi connectivity index (χ0v) is 12.7. The van der Waals surface area contributed by atoms with Gasteiger partial charge in [0.05, 0.1) is 5.56 Å². The molecule has 3 rings (SSSR count). The van der Waals surface area contributed by atoms with Crippen molar-refractivity contribution in [3.05, 3.63) is 29.5 Å². The molecular weight excluding hydrogens is 290 g/mol. The fourth-order valence-electron chi connectivity index (χ4n) is 2.72. The SMILES string of the molecule is Cc1nc(C(F)F)n2ccc(C(=O)NC(C)(C)C3CC3)c2n1. The number of fused-ring (bicyclic) bond motifs is 1. The van der Waals surface area contributed by atoms with Crippen LogP contribution in [-0.2, 0) is 0 Å². The Bertz CT molecular complexity index is 734. The lowest BCUT2D eigenvalue weighted by molar-refractivity contribution is 0.0904. The molecule has 5 nitrogen and oxygen atoms in total. The highest BCUT2D eigenvalue weighted by Crippen LogP contribution is 2.39. The summed E-state index contributed by atoms with van der Waals surface area (Å²) in [6.45, 7) is 5.49. The van der Waals surface area contributed by atoms with Gasteiger partial charge in [-0.1, -0.05) is 0 Å². The van der Waals surface area contributed by atoms with Gasteiger partial charge >= 0.3 is 0 Å². The van der Waals surface area contributed by atoms with Crippen LogP contribution in [0.25, 0.3) is 5.65 Å². The molecule has 1 aliphatic carbocycles. The molecule has 2 heterocycles. The van der Waals surface area contributed by atoms with Crippen LogP contribution in [0.2, 0.25) is 0 Å². The highest BCUT2D eigenvalue weighted by molar-refractivity contribution is 6.00. The standard InChI is InChI=1S/C15H18F2N4O/c1-8-18-12-10(6-7-21(12)13(19-8)11(16)17)14(22)20-15(2,3)9-4-5-9/h6-7,9,11H,4-5H2,1-3H3,(H,20,22). The summed E-state index contributed by atoms with van der Waals surface area (Å²) >= 11 is 0. The van der Waals surface area contributed by atoms with Gasteiger partial charge in [0.1, 0.15) is 5.82 Å². The van der Waals surface area contributed by atoms with Crippen LogP contribution in [-0.4, -0.2) is 25.8 Å². The fourth-order valence-corrected chi connectivity index (χ4v) is 2.72. The van der Waals surface area contributed by atoms with E-state index < -0.39 is 12.2 Å². The van der Waals surface area contributed by atoms with Gasteiger partial charge in [-0.3, -0.25) is 9.20 Å². The van der Waals surface area contributed by atoms with Crippen LogP contribution >= 0.6 is 0 Å². The third kappa shape index (κ3) is 2.55. The third-order valence-electron chi connectivity index (χ3n) is 4.12. The van der Waals surface area contributed by atoms with Gasteiger partial charge in [0.25, 0.3) is 12.3 Å². The van der Waals surface area contributed by atoms with Crippen LogP contribution in [0.15, 0.2) is 12.3 Å². The van der Waals surface area contributed by atoms with Crippen molar-refractivity contribution in [2.24, 2.45) is 5.92 Å². The number of halogens is 2. The number of nitrogens with zero attached hydrogens (tertiary/aromatic N) is 3. The second kappa shape index (κ2) is 5.00. The molecule has 1 N–H and O–H groups in total. The van der Waals surface area contributed by atoms with Crippen LogP contribution in [0.5, 0.6) is 0 Å². The predicted octanol–water partition coefficient (Wildman–Crippen LogP) is 2.89. The van der Waals surface area contributed by atoms with Gasteiger partial charge in [0, 0.05) is 11.7 Å². The number of rotatable bonds is 4. The maximum absolute atomic E-state index is 13.1. The number of alkyl halides is 2. The average Bonchev–Trinajstić information content (AvgIpc) is 3.19. The molecule has 1 saturated carbocycles. The second-order valence-electron chi connectivity index (χ2n) is 6.30. The van der Waals surface area contributed by atoms with Crippen LogP contribution in [0.1, 0.15) is 55.1 Å². The largest absolute Gasteiger partial charge is 0.347 e. The Balaban J connectivity index is 1.99. The van der Waals surface area contributed by atoms with E-state index in [2.05, 4.69) is 15.3 Å². The molecule has 2 aromatic rings. The van der Waals surface area contributed by atoms with Crippen molar-refractivity contribution in [2.45, 2.75) is 45.6 Å². The molecule has 1 amide bonds. The van der Waals surface area contributed by atoms with E-state index in [1.54, 1.807) is 0 Å². The predicted molar refractivity (Wildman–Crippen MR) is 77.0 cm³/mol. The van der Waals surface area contributed by atoms with Gasteiger partial charge in [-0.05, 0) is 45.6 Å². The molecule has 0 bridgehead atoms. The Hall–Kier alpha value is -2.05. The van der Waals surface area contributed by atoms with E-state index in [4.69, 9.17) is 0 Å². The molecule has 0 unspecified atom stereocenters. The van der Waals surface area contributed by atoms with Crippen molar-refractivity contribution in [1.29, 1.82) is 0 Å². The van der Waals surface area contributed by atoms with Crippen LogP contribution in [0.3, 0.4) is 0 Å². The third-order valence-corrected chi connectivity index (χ3v) is 4.12. The number of aryl methyl sites for hydroxylation is 1. The number of hydrogen-bond donors (Lipinski definition) is 1. The molecule has 7 heteroatoms. The van der Waals surface area contributed by atoms with Gasteiger partial charge in [-0.25, -0.2) is 18.7 Å². The van der Waals surface area contributed by atoms with E-state index in [0.29, 0.717) is 11.5 Å². The second-order valence-corrected chi connectivity index (χ2v) is 6.30. The number of nitrogens with one attached hydrogen (secondary N) is 1. The molecule has 1 aliphatic rings. The Morgan fingerprint density at radius 3 is 2.68 bits per heavy atom. The summed E-state index contributed by atoms with van der Waals surface area (Å²) in [5.41, 5.74) is 0.201. The Morgan fingerprint density at radius 2 is 2.09 bits per heavy atom. The lowest BCUT2D eigenvalue weighted by Crippen LogP contribution is -2.45. The van der Waals surface area contributed by atoms with Crippen LogP contribution in [0.4, 0.5) is 8.78 Å². The van der Waals surface area contributed by atoms with Crippen LogP contribution in [0, 0.1) is 12.8 Å². The summed E-state index contributed by atoms with van der Waals surface area (Å²) in [6.07, 6.45) is 0.881. The summed E-state index contributed by atoms with van der Waals surface area (Å²) in [4.78, 5) is 20.4. The number of amides is 1. The zero-order valence-electron chi connectivity index (χ0n) is 12.7. The monoisotopic (exact) mass is 308 g/mol. The van der Waals surface area contributed by atoms with E-state index in [9.17, 15) is 13.6 Å². The maximum Gasteiger partial charge on any atom is 0.296 e. The molecule has 0 spiro atoms. The quantitative estimate of drug-likeness (QED) is 0.945. The minimum absolute atomic E-state index is 0.215. The van der Waals surface area contributed by atoms with Gasteiger partial charge in [0.15, 0.2) is 11.5 Å². The summed E-state index contributed by atoms with van der Waals surface area (Å²) in [6, 6.07) is 1.51.